The summed E-state index contributed by atoms with van der Waals surface area (Å²) in [6.07, 6.45) is 53.4. The van der Waals surface area contributed by atoms with Gasteiger partial charge in [-0.1, -0.05) is 197 Å². The highest BCUT2D eigenvalue weighted by Gasteiger charge is 2.19. The molecule has 6 nitrogen and oxygen atoms in total. The number of carbonyl (C=O) groups excluding carboxylic acids is 3. The molecule has 0 radical (unpaired) electrons. The minimum absolute atomic E-state index is 0.0842. The van der Waals surface area contributed by atoms with E-state index in [0.717, 1.165) is 96.3 Å². The van der Waals surface area contributed by atoms with E-state index in [1.54, 1.807) is 0 Å². The van der Waals surface area contributed by atoms with Crippen LogP contribution in [0.15, 0.2) is 60.8 Å². The van der Waals surface area contributed by atoms with Crippen molar-refractivity contribution in [3.05, 3.63) is 60.8 Å². The summed E-state index contributed by atoms with van der Waals surface area (Å²) >= 11 is 0. The standard InChI is InChI=1S/C50H86O6/c1-4-7-10-13-16-19-22-24-25-26-29-31-34-37-40-43-49(52)55-46-47(45-54-48(51)42-39-36-33-30-27-21-18-15-12-9-6-3)56-50(53)44-41-38-35-32-28-23-20-17-14-11-8-5-2/h7,10,13,16-17,19-20,22,24-25,47H,4-6,8-9,11-12,14-15,18,21,23,26-46H2,1-3H3/b10-7-,16-13-,20-17-,22-19-,25-24-. The third-order valence-corrected chi connectivity index (χ3v) is 9.85. The molecule has 0 aliphatic heterocycles. The first-order valence-corrected chi connectivity index (χ1v) is 23.3. The van der Waals surface area contributed by atoms with Gasteiger partial charge in [-0.3, -0.25) is 14.4 Å². The van der Waals surface area contributed by atoms with Crippen LogP contribution in [0.3, 0.4) is 0 Å². The second-order valence-corrected chi connectivity index (χ2v) is 15.4. The van der Waals surface area contributed by atoms with Gasteiger partial charge in [-0.05, 0) is 64.2 Å². The van der Waals surface area contributed by atoms with Crippen molar-refractivity contribution in [2.75, 3.05) is 13.2 Å². The number of allylic oxidation sites excluding steroid dienone is 10. The maximum Gasteiger partial charge on any atom is 0.306 e. The van der Waals surface area contributed by atoms with E-state index >= 15 is 0 Å². The Morgan fingerprint density at radius 3 is 1.18 bits per heavy atom. The molecule has 0 aromatic rings. The highest BCUT2D eigenvalue weighted by molar-refractivity contribution is 5.71. The number of carbonyl (C=O) groups is 3. The van der Waals surface area contributed by atoms with E-state index < -0.39 is 6.10 Å². The molecule has 56 heavy (non-hydrogen) atoms. The molecule has 0 N–H and O–H groups in total. The molecule has 0 saturated heterocycles. The largest absolute Gasteiger partial charge is 0.462 e. The molecule has 0 rings (SSSR count). The molecule has 0 aliphatic carbocycles. The minimum Gasteiger partial charge on any atom is -0.462 e. The molecular formula is C50H86O6. The van der Waals surface area contributed by atoms with Gasteiger partial charge in [0.05, 0.1) is 0 Å². The second-order valence-electron chi connectivity index (χ2n) is 15.4. The van der Waals surface area contributed by atoms with E-state index in [1.165, 1.54) is 83.5 Å². The lowest BCUT2D eigenvalue weighted by Crippen LogP contribution is -2.30. The van der Waals surface area contributed by atoms with E-state index in [-0.39, 0.29) is 31.1 Å². The van der Waals surface area contributed by atoms with E-state index in [4.69, 9.17) is 14.2 Å². The number of ether oxygens (including phenoxy) is 3. The number of hydrogen-bond donors (Lipinski definition) is 0. The van der Waals surface area contributed by atoms with Crippen LogP contribution >= 0.6 is 0 Å². The normalized spacial score (nSPS) is 12.6. The molecule has 0 fully saturated rings. The Morgan fingerprint density at radius 2 is 0.714 bits per heavy atom. The van der Waals surface area contributed by atoms with Crippen molar-refractivity contribution < 1.29 is 28.6 Å². The van der Waals surface area contributed by atoms with Gasteiger partial charge in [0.25, 0.3) is 0 Å². The number of hydrogen-bond acceptors (Lipinski definition) is 6. The molecule has 0 spiro atoms. The highest BCUT2D eigenvalue weighted by Crippen LogP contribution is 2.14. The Labute approximate surface area is 345 Å². The molecule has 0 aromatic heterocycles. The van der Waals surface area contributed by atoms with Crippen molar-refractivity contribution in [2.45, 2.75) is 226 Å². The van der Waals surface area contributed by atoms with Gasteiger partial charge < -0.3 is 14.2 Å². The Kier molecular flexibility index (Phi) is 42.5. The summed E-state index contributed by atoms with van der Waals surface area (Å²) in [6.45, 7) is 6.43. The molecular weight excluding hydrogens is 697 g/mol. The average molecular weight is 783 g/mol. The first-order chi connectivity index (χ1) is 27.5. The fourth-order valence-corrected chi connectivity index (χ4v) is 6.33. The molecule has 0 saturated carbocycles. The molecule has 0 bridgehead atoms. The van der Waals surface area contributed by atoms with Gasteiger partial charge in [0.2, 0.25) is 0 Å². The smallest absolute Gasteiger partial charge is 0.306 e. The Hall–Kier alpha value is -2.89. The predicted octanol–water partition coefficient (Wildman–Crippen LogP) is 14.9. The molecule has 0 aliphatic rings. The molecule has 0 amide bonds. The third kappa shape index (κ3) is 42.3. The fourth-order valence-electron chi connectivity index (χ4n) is 6.33. The molecule has 1 unspecified atom stereocenters. The highest BCUT2D eigenvalue weighted by atomic mass is 16.6. The first-order valence-electron chi connectivity index (χ1n) is 23.3. The molecule has 6 heteroatoms. The zero-order valence-corrected chi connectivity index (χ0v) is 36.6. The summed E-state index contributed by atoms with van der Waals surface area (Å²) in [5.74, 6) is -0.920. The van der Waals surface area contributed by atoms with Gasteiger partial charge in [0.15, 0.2) is 6.10 Å². The number of unbranched alkanes of at least 4 members (excludes halogenated alkanes) is 23. The van der Waals surface area contributed by atoms with Crippen molar-refractivity contribution in [3.63, 3.8) is 0 Å². The van der Waals surface area contributed by atoms with Crippen LogP contribution in [0.5, 0.6) is 0 Å². The third-order valence-electron chi connectivity index (χ3n) is 9.85. The summed E-state index contributed by atoms with van der Waals surface area (Å²) < 4.78 is 16.7. The lowest BCUT2D eigenvalue weighted by atomic mass is 10.1. The maximum atomic E-state index is 12.7. The first kappa shape index (κ1) is 53.1. The van der Waals surface area contributed by atoms with Gasteiger partial charge >= 0.3 is 17.9 Å². The minimum atomic E-state index is -0.784. The Morgan fingerprint density at radius 1 is 0.375 bits per heavy atom. The van der Waals surface area contributed by atoms with Gasteiger partial charge in [-0.15, -0.1) is 0 Å². The fraction of sp³-hybridized carbons (Fsp3) is 0.740. The zero-order valence-electron chi connectivity index (χ0n) is 36.6. The van der Waals surface area contributed by atoms with Crippen LogP contribution in [0, 0.1) is 0 Å². The number of rotatable bonds is 41. The van der Waals surface area contributed by atoms with Crippen LogP contribution < -0.4 is 0 Å². The summed E-state index contributed by atoms with van der Waals surface area (Å²) in [5, 5.41) is 0. The van der Waals surface area contributed by atoms with E-state index in [0.29, 0.717) is 19.3 Å². The van der Waals surface area contributed by atoms with Crippen molar-refractivity contribution in [2.24, 2.45) is 0 Å². The summed E-state index contributed by atoms with van der Waals surface area (Å²) in [7, 11) is 0. The quantitative estimate of drug-likeness (QED) is 0.0202. The van der Waals surface area contributed by atoms with Crippen molar-refractivity contribution >= 4 is 17.9 Å². The SMILES string of the molecule is CC\C=C/C=C\C=C/C=C\CCCCCCCC(=O)OCC(COC(=O)CCCCCCCCCCCCC)OC(=O)CCCCCCC/C=C\CCCCC. The zero-order chi connectivity index (χ0) is 40.8. The topological polar surface area (TPSA) is 78.9 Å². The molecule has 1 atom stereocenters. The lowest BCUT2D eigenvalue weighted by molar-refractivity contribution is -0.167. The van der Waals surface area contributed by atoms with Crippen LogP contribution in [0.1, 0.15) is 220 Å². The predicted molar refractivity (Wildman–Crippen MR) is 238 cm³/mol. The Balaban J connectivity index is 4.42. The van der Waals surface area contributed by atoms with Crippen molar-refractivity contribution in [3.8, 4) is 0 Å². The van der Waals surface area contributed by atoms with Crippen molar-refractivity contribution in [1.29, 1.82) is 0 Å². The van der Waals surface area contributed by atoms with E-state index in [9.17, 15) is 14.4 Å². The monoisotopic (exact) mass is 783 g/mol. The summed E-state index contributed by atoms with van der Waals surface area (Å²) in [5.41, 5.74) is 0. The van der Waals surface area contributed by atoms with E-state index in [2.05, 4.69) is 63.3 Å². The Bertz CT molecular complexity index is 1040. The van der Waals surface area contributed by atoms with Crippen LogP contribution in [-0.4, -0.2) is 37.2 Å². The van der Waals surface area contributed by atoms with Gasteiger partial charge in [-0.25, -0.2) is 0 Å². The van der Waals surface area contributed by atoms with Crippen LogP contribution in [0.25, 0.3) is 0 Å². The molecule has 322 valence electrons. The van der Waals surface area contributed by atoms with Crippen LogP contribution in [0.4, 0.5) is 0 Å². The maximum absolute atomic E-state index is 12.7. The molecule has 0 heterocycles. The second kappa shape index (κ2) is 44.8. The lowest BCUT2D eigenvalue weighted by Gasteiger charge is -2.18. The van der Waals surface area contributed by atoms with Gasteiger partial charge in [-0.2, -0.15) is 0 Å². The molecule has 0 aromatic carbocycles. The van der Waals surface area contributed by atoms with Crippen molar-refractivity contribution in [1.82, 2.24) is 0 Å². The van der Waals surface area contributed by atoms with Gasteiger partial charge in [0.1, 0.15) is 13.2 Å². The summed E-state index contributed by atoms with van der Waals surface area (Å²) in [4.78, 5) is 37.8. The van der Waals surface area contributed by atoms with Gasteiger partial charge in [0, 0.05) is 19.3 Å². The van der Waals surface area contributed by atoms with Crippen LogP contribution in [-0.2, 0) is 28.6 Å². The average Bonchev–Trinajstić information content (AvgIpc) is 3.19. The van der Waals surface area contributed by atoms with Crippen LogP contribution in [0.2, 0.25) is 0 Å². The summed E-state index contributed by atoms with van der Waals surface area (Å²) in [6, 6.07) is 0. The van der Waals surface area contributed by atoms with E-state index in [1.807, 2.05) is 18.2 Å². The number of esters is 3.